The zero-order valence-corrected chi connectivity index (χ0v) is 34.9. The van der Waals surface area contributed by atoms with Gasteiger partial charge < -0.3 is 35.5 Å². The predicted octanol–water partition coefficient (Wildman–Crippen LogP) is 5.83. The lowest BCUT2D eigenvalue weighted by Gasteiger charge is -2.21. The van der Waals surface area contributed by atoms with E-state index in [0.29, 0.717) is 25.9 Å². The number of hydrogen-bond donors (Lipinski definition) is 4. The Hall–Kier alpha value is -5.47. The summed E-state index contributed by atoms with van der Waals surface area (Å²) in [5.41, 5.74) is 5.95. The second-order valence-electron chi connectivity index (χ2n) is 13.8. The molecule has 0 bridgehead atoms. The third-order valence-electron chi connectivity index (χ3n) is 9.07. The van der Waals surface area contributed by atoms with E-state index in [1.807, 2.05) is 91.3 Å². The number of hydrogen-bond acceptors (Lipinski definition) is 9. The number of likely N-dealkylation sites (N-methyl/N-ethyl adjacent to an activating group) is 2. The predicted molar refractivity (Wildman–Crippen MR) is 237 cm³/mol. The molecule has 0 spiro atoms. The summed E-state index contributed by atoms with van der Waals surface area (Å²) in [6, 6.07) is 19.6. The Balaban J connectivity index is 0.961. The average molecular weight is 828 g/mol. The monoisotopic (exact) mass is 827 g/mol. The molecular weight excluding hydrogens is 773 g/mol. The molecule has 4 rings (SSSR count). The van der Waals surface area contributed by atoms with Gasteiger partial charge in [0.1, 0.15) is 19.6 Å². The zero-order valence-electron chi connectivity index (χ0n) is 33.3. The SMILES string of the molecule is CN(CC(=O)O)c1ccc(/C=C/C2=CCN(CCCC(=O)NCCSSCCNC(=O)CCC[n+]3ccc(/C=C/c4ccc(N(C)CC(=O)O)cc4)cc3)C=C2)cc1. The van der Waals surface area contributed by atoms with Gasteiger partial charge in [-0.3, -0.25) is 19.2 Å². The van der Waals surface area contributed by atoms with Gasteiger partial charge in [-0.05, 0) is 65.2 Å². The number of carbonyl (C=O) groups is 4. The fourth-order valence-electron chi connectivity index (χ4n) is 5.84. The molecule has 3 aromatic rings. The zero-order chi connectivity index (χ0) is 41.5. The van der Waals surface area contributed by atoms with Crippen LogP contribution in [0.1, 0.15) is 42.4 Å². The van der Waals surface area contributed by atoms with Crippen LogP contribution in [0.25, 0.3) is 18.2 Å². The smallest absolute Gasteiger partial charge is 0.323 e. The maximum atomic E-state index is 12.3. The van der Waals surface area contributed by atoms with Gasteiger partial charge in [-0.15, -0.1) is 0 Å². The number of anilines is 2. The molecule has 12 nitrogen and oxygen atoms in total. The fourth-order valence-corrected chi connectivity index (χ4v) is 7.65. The molecule has 0 saturated carbocycles. The molecule has 58 heavy (non-hydrogen) atoms. The maximum absolute atomic E-state index is 12.3. The summed E-state index contributed by atoms with van der Waals surface area (Å²) >= 11 is 0. The largest absolute Gasteiger partial charge is 0.480 e. The lowest BCUT2D eigenvalue weighted by molar-refractivity contribution is -0.697. The molecule has 14 heteroatoms. The summed E-state index contributed by atoms with van der Waals surface area (Å²) < 4.78 is 2.07. The molecule has 2 heterocycles. The number of carboxylic acid groups (broad SMARTS) is 2. The van der Waals surface area contributed by atoms with Crippen LogP contribution in [0.4, 0.5) is 11.4 Å². The van der Waals surface area contributed by atoms with Crippen molar-refractivity contribution in [3.63, 3.8) is 0 Å². The van der Waals surface area contributed by atoms with Crippen LogP contribution in [0.5, 0.6) is 0 Å². The number of rotatable bonds is 25. The van der Waals surface area contributed by atoms with Crippen LogP contribution in [0.3, 0.4) is 0 Å². The second-order valence-corrected chi connectivity index (χ2v) is 16.5. The van der Waals surface area contributed by atoms with Gasteiger partial charge in [0, 0.05) is 94.6 Å². The van der Waals surface area contributed by atoms with Gasteiger partial charge in [0.05, 0.1) is 0 Å². The highest BCUT2D eigenvalue weighted by molar-refractivity contribution is 8.76. The van der Waals surface area contributed by atoms with Crippen molar-refractivity contribution < 1.29 is 34.0 Å². The van der Waals surface area contributed by atoms with Crippen LogP contribution in [-0.2, 0) is 25.7 Å². The molecule has 0 unspecified atom stereocenters. The number of nitrogens with one attached hydrogen (secondary N) is 2. The molecule has 0 atom stereocenters. The summed E-state index contributed by atoms with van der Waals surface area (Å²) in [5, 5.41) is 23.9. The molecule has 308 valence electrons. The van der Waals surface area contributed by atoms with Crippen LogP contribution >= 0.6 is 21.6 Å². The fraction of sp³-hybridized carbons (Fsp3) is 0.341. The third kappa shape index (κ3) is 17.8. The molecule has 0 fully saturated rings. The van der Waals surface area contributed by atoms with Crippen molar-refractivity contribution in [3.05, 3.63) is 120 Å². The number of aliphatic carboxylic acids is 2. The second kappa shape index (κ2) is 25.0. The van der Waals surface area contributed by atoms with Crippen LogP contribution < -0.4 is 25.0 Å². The van der Waals surface area contributed by atoms with Crippen molar-refractivity contribution >= 4 is 74.9 Å². The molecule has 0 radical (unpaired) electrons. The Morgan fingerprint density at radius 2 is 1.19 bits per heavy atom. The topological polar surface area (TPSA) is 146 Å². The minimum atomic E-state index is -0.865. The first kappa shape index (κ1) is 45.2. The van der Waals surface area contributed by atoms with Crippen molar-refractivity contribution in [3.8, 4) is 0 Å². The highest BCUT2D eigenvalue weighted by Crippen LogP contribution is 2.20. The lowest BCUT2D eigenvalue weighted by Crippen LogP contribution is -2.34. The molecule has 2 amide bonds. The standard InChI is InChI=1S/C44H54N6O6S2/c1-47(33-43(53)54)39-15-11-35(12-16-39)7-9-37-19-27-49(28-20-37)25-3-5-41(51)45-23-31-57-58-32-24-46-42(52)6-4-26-50-29-21-38(22-30-50)10-8-36-13-17-40(18-14-36)48(2)34-44(55)56/h7-22,27-29H,3-6,23-26,30-34H2,1-2H3,(H3-,45,46,51,52,53,54,55,56)/p+1/b10-8+. The normalized spacial score (nSPS) is 12.4. The van der Waals surface area contributed by atoms with E-state index >= 15 is 0 Å². The van der Waals surface area contributed by atoms with Gasteiger partial charge in [0.15, 0.2) is 12.4 Å². The molecule has 2 aromatic carbocycles. The molecule has 1 aromatic heterocycles. The van der Waals surface area contributed by atoms with E-state index in [1.54, 1.807) is 45.5 Å². The number of carboxylic acids is 2. The number of benzene rings is 2. The van der Waals surface area contributed by atoms with E-state index in [9.17, 15) is 19.2 Å². The van der Waals surface area contributed by atoms with Crippen molar-refractivity contribution in [2.75, 3.05) is 74.7 Å². The van der Waals surface area contributed by atoms with Crippen LogP contribution in [0, 0.1) is 0 Å². The van der Waals surface area contributed by atoms with E-state index in [1.165, 1.54) is 0 Å². The molecule has 0 aliphatic carbocycles. The first-order valence-corrected chi connectivity index (χ1v) is 21.8. The van der Waals surface area contributed by atoms with E-state index in [4.69, 9.17) is 10.2 Å². The average Bonchev–Trinajstić information content (AvgIpc) is 3.21. The molecular formula is C44H55N6O6S2+. The summed E-state index contributed by atoms with van der Waals surface area (Å²) in [5.74, 6) is -0.00700. The number of allylic oxidation sites excluding steroid dienone is 3. The quantitative estimate of drug-likeness (QED) is 0.0465. The van der Waals surface area contributed by atoms with Gasteiger partial charge in [-0.2, -0.15) is 0 Å². The van der Waals surface area contributed by atoms with E-state index in [-0.39, 0.29) is 24.9 Å². The Morgan fingerprint density at radius 3 is 1.67 bits per heavy atom. The Bertz CT molecular complexity index is 1900. The lowest BCUT2D eigenvalue weighted by atomic mass is 10.1. The third-order valence-corrected chi connectivity index (χ3v) is 11.5. The van der Waals surface area contributed by atoms with Crippen LogP contribution in [0.15, 0.2) is 103 Å². The highest BCUT2D eigenvalue weighted by Gasteiger charge is 2.09. The molecule has 4 N–H and O–H groups in total. The van der Waals surface area contributed by atoms with Crippen molar-refractivity contribution in [1.82, 2.24) is 15.5 Å². The summed E-state index contributed by atoms with van der Waals surface area (Å²) in [4.78, 5) is 52.0. The van der Waals surface area contributed by atoms with Gasteiger partial charge in [-0.25, -0.2) is 4.57 Å². The Kier molecular flexibility index (Phi) is 19.5. The Morgan fingerprint density at radius 1 is 0.707 bits per heavy atom. The number of amides is 2. The number of aromatic nitrogens is 1. The number of pyridine rings is 1. The number of aryl methyl sites for hydroxylation is 1. The molecule has 1 aliphatic heterocycles. The van der Waals surface area contributed by atoms with Crippen molar-refractivity contribution in [1.29, 1.82) is 0 Å². The van der Waals surface area contributed by atoms with Gasteiger partial charge in [-0.1, -0.05) is 76.2 Å². The number of nitrogens with zero attached hydrogens (tertiary/aromatic N) is 4. The highest BCUT2D eigenvalue weighted by atomic mass is 33.1. The van der Waals surface area contributed by atoms with Gasteiger partial charge in [0.2, 0.25) is 11.8 Å². The summed E-state index contributed by atoms with van der Waals surface area (Å²) in [6.07, 6.45) is 20.9. The van der Waals surface area contributed by atoms with Gasteiger partial charge >= 0.3 is 11.9 Å². The first-order valence-electron chi connectivity index (χ1n) is 19.4. The summed E-state index contributed by atoms with van der Waals surface area (Å²) in [7, 11) is 6.90. The first-order chi connectivity index (χ1) is 28.0. The molecule has 0 saturated heterocycles. The minimum Gasteiger partial charge on any atom is -0.480 e. The van der Waals surface area contributed by atoms with Crippen LogP contribution in [-0.4, -0.2) is 104 Å². The minimum absolute atomic E-state index is 0.0435. The number of carbonyl (C=O) groups excluding carboxylic acids is 2. The molecule has 1 aliphatic rings. The summed E-state index contributed by atoms with van der Waals surface area (Å²) in [6.45, 7) is 3.48. The van der Waals surface area contributed by atoms with Crippen LogP contribution in [0.2, 0.25) is 0 Å². The van der Waals surface area contributed by atoms with E-state index in [0.717, 1.165) is 77.6 Å². The Labute approximate surface area is 349 Å². The van der Waals surface area contributed by atoms with E-state index in [2.05, 4.69) is 44.5 Å². The van der Waals surface area contributed by atoms with Crippen molar-refractivity contribution in [2.45, 2.75) is 32.2 Å². The maximum Gasteiger partial charge on any atom is 0.323 e. The van der Waals surface area contributed by atoms with Gasteiger partial charge in [0.25, 0.3) is 0 Å². The van der Waals surface area contributed by atoms with E-state index < -0.39 is 11.9 Å². The van der Waals surface area contributed by atoms with Crippen molar-refractivity contribution in [2.24, 2.45) is 0 Å².